The maximum Gasteiger partial charge on any atom is 0.338 e. The summed E-state index contributed by atoms with van der Waals surface area (Å²) in [5.41, 5.74) is -0.0144. The lowest BCUT2D eigenvalue weighted by molar-refractivity contribution is -0.414. The third-order valence-corrected chi connectivity index (χ3v) is 8.78. The van der Waals surface area contributed by atoms with Gasteiger partial charge in [0, 0.05) is 31.9 Å². The molecule has 4 fully saturated rings. The number of methoxy groups -OCH3 is 1. The van der Waals surface area contributed by atoms with E-state index >= 15 is 0 Å². The van der Waals surface area contributed by atoms with Crippen LogP contribution in [-0.2, 0) is 14.2 Å². The number of esters is 1. The number of aliphatic hydroxyl groups is 1. The number of hydrogen-bond donors (Lipinski definition) is 1. The van der Waals surface area contributed by atoms with Crippen molar-refractivity contribution in [2.45, 2.75) is 75.8 Å². The Morgan fingerprint density at radius 3 is 2.70 bits per heavy atom. The summed E-state index contributed by atoms with van der Waals surface area (Å²) in [7, 11) is 5.84. The molecule has 4 bridgehead atoms. The first-order chi connectivity index (χ1) is 15.7. The number of hydrogen-bond acceptors (Lipinski definition) is 6. The van der Waals surface area contributed by atoms with Gasteiger partial charge in [0.15, 0.2) is 5.79 Å². The standard InChI is InChI=1S/C27H41NO5/c1-25-14-15-26(31-4)18-22(25)11-8-13-27(25,33-26)23(29)17-20(19-28(2)3)12-16-32-24(30)21-9-6-5-7-10-21/h5-7,9-10,20,22-23,29H,8,11-19H2,1-4H3/t20-,22?,23-,25?,26-,27+/m1/s1. The lowest BCUT2D eigenvalue weighted by atomic mass is 9.48. The highest BCUT2D eigenvalue weighted by Gasteiger charge is 2.69. The number of carbonyl (C=O) groups is 1. The molecule has 6 atom stereocenters. The Morgan fingerprint density at radius 2 is 2.00 bits per heavy atom. The van der Waals surface area contributed by atoms with Crippen molar-refractivity contribution in [2.75, 3.05) is 34.4 Å². The van der Waals surface area contributed by atoms with Gasteiger partial charge in [0.2, 0.25) is 0 Å². The molecule has 0 amide bonds. The van der Waals surface area contributed by atoms with Crippen molar-refractivity contribution < 1.29 is 24.1 Å². The summed E-state index contributed by atoms with van der Waals surface area (Å²) in [4.78, 5) is 14.5. The van der Waals surface area contributed by atoms with Crippen molar-refractivity contribution in [1.82, 2.24) is 4.90 Å². The van der Waals surface area contributed by atoms with E-state index in [0.29, 0.717) is 30.9 Å². The minimum atomic E-state index is -0.574. The summed E-state index contributed by atoms with van der Waals surface area (Å²) in [6, 6.07) is 9.09. The molecule has 2 aliphatic heterocycles. The number of carbonyl (C=O) groups excluding carboxylic acids is 1. The van der Waals surface area contributed by atoms with Crippen molar-refractivity contribution in [1.29, 1.82) is 0 Å². The molecule has 1 aromatic rings. The van der Waals surface area contributed by atoms with Gasteiger partial charge in [-0.25, -0.2) is 4.79 Å². The number of benzene rings is 1. The molecule has 2 heterocycles. The highest BCUT2D eigenvalue weighted by molar-refractivity contribution is 5.89. The second-order valence-electron chi connectivity index (χ2n) is 11.0. The zero-order valence-corrected chi connectivity index (χ0v) is 20.7. The second-order valence-corrected chi connectivity index (χ2v) is 11.0. The molecule has 1 N–H and O–H groups in total. The molecule has 2 saturated heterocycles. The first kappa shape index (κ1) is 24.6. The van der Waals surface area contributed by atoms with Crippen LogP contribution in [0.15, 0.2) is 30.3 Å². The zero-order valence-electron chi connectivity index (χ0n) is 20.7. The highest BCUT2D eigenvalue weighted by Crippen LogP contribution is 2.66. The van der Waals surface area contributed by atoms with Crippen molar-refractivity contribution in [3.05, 3.63) is 35.9 Å². The minimum absolute atomic E-state index is 0.0204. The zero-order chi connectivity index (χ0) is 23.7. The third-order valence-electron chi connectivity index (χ3n) is 8.78. The summed E-state index contributed by atoms with van der Waals surface area (Å²) in [6.07, 6.45) is 6.80. The molecule has 0 aromatic heterocycles. The SMILES string of the molecule is CO[C@]12CCC3(C)C(CCC[C@@]3([C@H](O)C[C@@H](CCOC(=O)c3ccccc3)CN(C)C)O1)C2. The second kappa shape index (κ2) is 9.65. The summed E-state index contributed by atoms with van der Waals surface area (Å²) in [5.74, 6) is -0.121. The lowest BCUT2D eigenvalue weighted by Gasteiger charge is -2.69. The summed E-state index contributed by atoms with van der Waals surface area (Å²) in [6.45, 7) is 3.50. The fourth-order valence-electron chi connectivity index (χ4n) is 6.95. The third kappa shape index (κ3) is 4.60. The smallest absolute Gasteiger partial charge is 0.338 e. The number of ether oxygens (including phenoxy) is 3. The summed E-state index contributed by atoms with van der Waals surface area (Å²) >= 11 is 0. The van der Waals surface area contributed by atoms with Gasteiger partial charge in [-0.15, -0.1) is 0 Å². The Hall–Kier alpha value is -1.47. The molecular formula is C27H41NO5. The van der Waals surface area contributed by atoms with E-state index in [2.05, 4.69) is 11.8 Å². The molecule has 2 aliphatic carbocycles. The molecule has 2 saturated carbocycles. The van der Waals surface area contributed by atoms with E-state index in [0.717, 1.165) is 38.6 Å². The van der Waals surface area contributed by atoms with Gasteiger partial charge in [-0.3, -0.25) is 0 Å². The van der Waals surface area contributed by atoms with Gasteiger partial charge in [0.1, 0.15) is 5.60 Å². The van der Waals surface area contributed by atoms with Crippen LogP contribution in [-0.4, -0.2) is 67.8 Å². The molecule has 6 nitrogen and oxygen atoms in total. The maximum atomic E-state index is 12.3. The van der Waals surface area contributed by atoms with Crippen LogP contribution in [0.4, 0.5) is 0 Å². The minimum Gasteiger partial charge on any atom is -0.462 e. The van der Waals surface area contributed by atoms with Gasteiger partial charge < -0.3 is 24.2 Å². The van der Waals surface area contributed by atoms with Crippen LogP contribution in [0.1, 0.15) is 68.6 Å². The number of rotatable bonds is 10. The molecule has 0 spiro atoms. The van der Waals surface area contributed by atoms with Crippen molar-refractivity contribution in [3.63, 3.8) is 0 Å². The van der Waals surface area contributed by atoms with Crippen molar-refractivity contribution in [2.24, 2.45) is 17.3 Å². The van der Waals surface area contributed by atoms with Crippen LogP contribution in [0.25, 0.3) is 0 Å². The molecule has 33 heavy (non-hydrogen) atoms. The fraction of sp³-hybridized carbons (Fsp3) is 0.741. The van der Waals surface area contributed by atoms with E-state index in [1.807, 2.05) is 32.3 Å². The van der Waals surface area contributed by atoms with Gasteiger partial charge in [-0.1, -0.05) is 31.5 Å². The lowest BCUT2D eigenvalue weighted by Crippen LogP contribution is -2.73. The number of fused-ring (bicyclic) bond motifs is 1. The topological polar surface area (TPSA) is 68.2 Å². The van der Waals surface area contributed by atoms with Crippen LogP contribution < -0.4 is 0 Å². The average molecular weight is 460 g/mol. The van der Waals surface area contributed by atoms with E-state index in [1.54, 1.807) is 19.2 Å². The summed E-state index contributed by atoms with van der Waals surface area (Å²) < 4.78 is 18.3. The molecule has 0 radical (unpaired) electrons. The first-order valence-electron chi connectivity index (χ1n) is 12.5. The Bertz CT molecular complexity index is 816. The van der Waals surface area contributed by atoms with Crippen LogP contribution >= 0.6 is 0 Å². The molecule has 184 valence electrons. The Kier molecular flexibility index (Phi) is 7.21. The average Bonchev–Trinajstić information content (AvgIpc) is 2.79. The summed E-state index contributed by atoms with van der Waals surface area (Å²) in [5, 5.41) is 11.7. The van der Waals surface area contributed by atoms with Gasteiger partial charge >= 0.3 is 5.97 Å². The van der Waals surface area contributed by atoms with Crippen LogP contribution in [0.5, 0.6) is 0 Å². The predicted molar refractivity (Wildman–Crippen MR) is 127 cm³/mol. The fourth-order valence-corrected chi connectivity index (χ4v) is 6.95. The van der Waals surface area contributed by atoms with E-state index < -0.39 is 17.5 Å². The monoisotopic (exact) mass is 459 g/mol. The van der Waals surface area contributed by atoms with Crippen molar-refractivity contribution >= 4 is 5.97 Å². The van der Waals surface area contributed by atoms with Crippen LogP contribution in [0.3, 0.4) is 0 Å². The Balaban J connectivity index is 1.44. The van der Waals surface area contributed by atoms with E-state index in [9.17, 15) is 9.90 Å². The Morgan fingerprint density at radius 1 is 1.24 bits per heavy atom. The van der Waals surface area contributed by atoms with Crippen LogP contribution in [0, 0.1) is 17.3 Å². The molecule has 4 aliphatic rings. The highest BCUT2D eigenvalue weighted by atomic mass is 16.7. The van der Waals surface area contributed by atoms with Gasteiger partial charge in [0.25, 0.3) is 0 Å². The van der Waals surface area contributed by atoms with Gasteiger partial charge in [-0.05, 0) is 70.2 Å². The van der Waals surface area contributed by atoms with E-state index in [1.165, 1.54) is 6.42 Å². The van der Waals surface area contributed by atoms with Gasteiger partial charge in [-0.2, -0.15) is 0 Å². The molecule has 5 rings (SSSR count). The molecular weight excluding hydrogens is 418 g/mol. The molecule has 2 unspecified atom stereocenters. The predicted octanol–water partition coefficient (Wildman–Crippen LogP) is 4.26. The normalized spacial score (nSPS) is 34.8. The van der Waals surface area contributed by atoms with Crippen molar-refractivity contribution in [3.8, 4) is 0 Å². The quantitative estimate of drug-likeness (QED) is 0.527. The van der Waals surface area contributed by atoms with E-state index in [4.69, 9.17) is 14.2 Å². The molecule has 6 heteroatoms. The number of aliphatic hydroxyl groups excluding tert-OH is 1. The molecule has 1 aromatic carbocycles. The van der Waals surface area contributed by atoms with Gasteiger partial charge in [0.05, 0.1) is 18.3 Å². The Labute approximate surface area is 198 Å². The first-order valence-corrected chi connectivity index (χ1v) is 12.5. The maximum absolute atomic E-state index is 12.3. The van der Waals surface area contributed by atoms with E-state index in [-0.39, 0.29) is 17.3 Å². The number of nitrogens with zero attached hydrogens (tertiary/aromatic N) is 1. The largest absolute Gasteiger partial charge is 0.462 e. The van der Waals surface area contributed by atoms with Crippen LogP contribution in [0.2, 0.25) is 0 Å².